The molecule has 6 heteroatoms. The van der Waals surface area contributed by atoms with Gasteiger partial charge in [-0.15, -0.1) is 0 Å². The Hall–Kier alpha value is -0.890. The minimum atomic E-state index is 0.658. The molecular weight excluding hydrogens is 409 g/mol. The van der Waals surface area contributed by atoms with Crippen LogP contribution in [-0.2, 0) is 0 Å². The lowest BCUT2D eigenvalue weighted by Gasteiger charge is -2.08. The largest absolute Gasteiger partial charge is 0.497 e. The second-order valence-corrected chi connectivity index (χ2v) is 5.50. The van der Waals surface area contributed by atoms with Crippen molar-refractivity contribution < 1.29 is 4.74 Å². The van der Waals surface area contributed by atoms with Gasteiger partial charge in [-0.1, -0.05) is 15.9 Å². The average molecular weight is 420 g/mol. The quantitative estimate of drug-likeness (QED) is 0.772. The van der Waals surface area contributed by atoms with Gasteiger partial charge in [0.15, 0.2) is 5.82 Å². The number of hydrogen-bond donors (Lipinski definition) is 1. The number of benzene rings is 1. The zero-order valence-corrected chi connectivity index (χ0v) is 13.6. The Morgan fingerprint density at radius 1 is 1.39 bits per heavy atom. The molecule has 0 fully saturated rings. The predicted octanol–water partition coefficient (Wildman–Crippen LogP) is 3.56. The number of nitrogens with one attached hydrogen (secondary N) is 1. The fraction of sp³-hybridized carbons (Fsp3) is 0.167. The summed E-state index contributed by atoms with van der Waals surface area (Å²) in [6.45, 7) is 0. The number of hydrogen-bond acceptors (Lipinski definition) is 4. The summed E-state index contributed by atoms with van der Waals surface area (Å²) < 4.78 is 7.14. The Morgan fingerprint density at radius 2 is 2.17 bits per heavy atom. The number of nitrogens with zero attached hydrogens (tertiary/aromatic N) is 2. The standard InChI is InChI=1S/C12H11BrIN3O/c1-15-12-10(14)6-16-11(17-12)8-5-7(18-2)3-4-9(8)13/h3-6H,1-2H3,(H,15,16,17). The molecule has 0 spiro atoms. The maximum absolute atomic E-state index is 5.22. The van der Waals surface area contributed by atoms with Crippen LogP contribution in [-0.4, -0.2) is 24.1 Å². The molecule has 2 aromatic rings. The summed E-state index contributed by atoms with van der Waals surface area (Å²) in [6, 6.07) is 5.72. The van der Waals surface area contributed by atoms with Crippen molar-refractivity contribution >= 4 is 44.3 Å². The molecule has 0 bridgehead atoms. The summed E-state index contributed by atoms with van der Waals surface area (Å²) in [4.78, 5) is 8.83. The predicted molar refractivity (Wildman–Crippen MR) is 84.0 cm³/mol. The minimum Gasteiger partial charge on any atom is -0.497 e. The van der Waals surface area contributed by atoms with Gasteiger partial charge in [-0.25, -0.2) is 9.97 Å². The van der Waals surface area contributed by atoms with E-state index in [2.05, 4.69) is 53.8 Å². The summed E-state index contributed by atoms with van der Waals surface area (Å²) in [5.41, 5.74) is 0.905. The molecule has 1 aromatic heterocycles. The smallest absolute Gasteiger partial charge is 0.162 e. The number of halogens is 2. The molecule has 0 saturated heterocycles. The minimum absolute atomic E-state index is 0.658. The van der Waals surface area contributed by atoms with E-state index >= 15 is 0 Å². The number of ether oxygens (including phenoxy) is 1. The first-order chi connectivity index (χ1) is 8.65. The Kier molecular flexibility index (Phi) is 4.39. The molecule has 0 amide bonds. The molecule has 0 radical (unpaired) electrons. The van der Waals surface area contributed by atoms with Crippen LogP contribution in [0.2, 0.25) is 0 Å². The summed E-state index contributed by atoms with van der Waals surface area (Å²) in [5, 5.41) is 3.05. The van der Waals surface area contributed by atoms with E-state index in [-0.39, 0.29) is 0 Å². The first-order valence-corrected chi connectivity index (χ1v) is 7.07. The lowest BCUT2D eigenvalue weighted by molar-refractivity contribution is 0.415. The van der Waals surface area contributed by atoms with Gasteiger partial charge >= 0.3 is 0 Å². The molecule has 1 aromatic carbocycles. The van der Waals surface area contributed by atoms with Crippen LogP contribution in [0.15, 0.2) is 28.9 Å². The van der Waals surface area contributed by atoms with E-state index < -0.39 is 0 Å². The molecule has 18 heavy (non-hydrogen) atoms. The zero-order chi connectivity index (χ0) is 13.1. The normalized spacial score (nSPS) is 10.2. The van der Waals surface area contributed by atoms with Crippen LogP contribution in [0.4, 0.5) is 5.82 Å². The van der Waals surface area contributed by atoms with Crippen molar-refractivity contribution in [3.63, 3.8) is 0 Å². The maximum atomic E-state index is 5.22. The van der Waals surface area contributed by atoms with Gasteiger partial charge in [0.25, 0.3) is 0 Å². The highest BCUT2D eigenvalue weighted by atomic mass is 127. The topological polar surface area (TPSA) is 47.0 Å². The van der Waals surface area contributed by atoms with Gasteiger partial charge in [-0.2, -0.15) is 0 Å². The van der Waals surface area contributed by atoms with Gasteiger partial charge in [-0.3, -0.25) is 0 Å². The lowest BCUT2D eigenvalue weighted by Crippen LogP contribution is -1.99. The van der Waals surface area contributed by atoms with Gasteiger partial charge < -0.3 is 10.1 Å². The first-order valence-electron chi connectivity index (χ1n) is 5.20. The van der Waals surface area contributed by atoms with Crippen LogP contribution in [0.25, 0.3) is 11.4 Å². The Morgan fingerprint density at radius 3 is 2.83 bits per heavy atom. The van der Waals surface area contributed by atoms with E-state index in [1.54, 1.807) is 13.3 Å². The van der Waals surface area contributed by atoms with E-state index in [9.17, 15) is 0 Å². The average Bonchev–Trinajstić information content (AvgIpc) is 2.40. The van der Waals surface area contributed by atoms with E-state index in [4.69, 9.17) is 4.74 Å². The highest BCUT2D eigenvalue weighted by Gasteiger charge is 2.10. The molecule has 4 nitrogen and oxygen atoms in total. The molecule has 0 aliphatic rings. The van der Waals surface area contributed by atoms with Crippen molar-refractivity contribution in [3.05, 3.63) is 32.4 Å². The number of aromatic nitrogens is 2. The molecule has 1 heterocycles. The molecule has 2 rings (SSSR count). The molecule has 0 aliphatic carbocycles. The molecule has 0 aliphatic heterocycles. The van der Waals surface area contributed by atoms with Gasteiger partial charge in [-0.05, 0) is 40.8 Å². The van der Waals surface area contributed by atoms with E-state index in [0.29, 0.717) is 5.82 Å². The highest BCUT2D eigenvalue weighted by Crippen LogP contribution is 2.30. The van der Waals surface area contributed by atoms with E-state index in [1.807, 2.05) is 25.2 Å². The third-order valence-electron chi connectivity index (χ3n) is 2.40. The monoisotopic (exact) mass is 419 g/mol. The Labute approximate surface area is 127 Å². The third kappa shape index (κ3) is 2.74. The molecular formula is C12H11BrIN3O. The zero-order valence-electron chi connectivity index (χ0n) is 9.87. The van der Waals surface area contributed by atoms with Crippen molar-refractivity contribution in [2.45, 2.75) is 0 Å². The van der Waals surface area contributed by atoms with Crippen molar-refractivity contribution in [1.82, 2.24) is 9.97 Å². The Bertz CT molecular complexity index is 577. The number of anilines is 1. The summed E-state index contributed by atoms with van der Waals surface area (Å²) >= 11 is 5.70. The van der Waals surface area contributed by atoms with Gasteiger partial charge in [0.05, 0.1) is 10.7 Å². The van der Waals surface area contributed by atoms with Crippen LogP contribution in [0.1, 0.15) is 0 Å². The molecule has 94 valence electrons. The summed E-state index contributed by atoms with van der Waals surface area (Å²) in [7, 11) is 3.48. The molecule has 0 saturated carbocycles. The second-order valence-electron chi connectivity index (χ2n) is 3.49. The summed E-state index contributed by atoms with van der Waals surface area (Å²) in [5.74, 6) is 2.25. The van der Waals surface area contributed by atoms with Crippen LogP contribution in [0.5, 0.6) is 5.75 Å². The van der Waals surface area contributed by atoms with Crippen molar-refractivity contribution in [2.75, 3.05) is 19.5 Å². The highest BCUT2D eigenvalue weighted by molar-refractivity contribution is 14.1. The van der Waals surface area contributed by atoms with Crippen LogP contribution in [0.3, 0.4) is 0 Å². The van der Waals surface area contributed by atoms with Gasteiger partial charge in [0.2, 0.25) is 0 Å². The third-order valence-corrected chi connectivity index (χ3v) is 3.88. The molecule has 0 unspecified atom stereocenters. The first kappa shape index (κ1) is 13.5. The van der Waals surface area contributed by atoms with Crippen LogP contribution >= 0.6 is 38.5 Å². The second kappa shape index (κ2) is 5.83. The maximum Gasteiger partial charge on any atom is 0.162 e. The number of rotatable bonds is 3. The fourth-order valence-electron chi connectivity index (χ4n) is 1.47. The fourth-order valence-corrected chi connectivity index (χ4v) is 2.43. The van der Waals surface area contributed by atoms with Crippen LogP contribution in [0, 0.1) is 3.57 Å². The van der Waals surface area contributed by atoms with Gasteiger partial charge in [0, 0.05) is 23.3 Å². The van der Waals surface area contributed by atoms with Gasteiger partial charge in [0.1, 0.15) is 11.6 Å². The van der Waals surface area contributed by atoms with Crippen molar-refractivity contribution in [1.29, 1.82) is 0 Å². The Balaban J connectivity index is 2.54. The molecule has 1 N–H and O–H groups in total. The summed E-state index contributed by atoms with van der Waals surface area (Å²) in [6.07, 6.45) is 1.79. The molecule has 0 atom stereocenters. The van der Waals surface area contributed by atoms with Crippen molar-refractivity contribution in [2.24, 2.45) is 0 Å². The number of methoxy groups -OCH3 is 1. The van der Waals surface area contributed by atoms with E-state index in [0.717, 1.165) is 25.2 Å². The van der Waals surface area contributed by atoms with Crippen LogP contribution < -0.4 is 10.1 Å². The SMILES string of the molecule is CNc1nc(-c2cc(OC)ccc2Br)ncc1I. The van der Waals surface area contributed by atoms with Crippen molar-refractivity contribution in [3.8, 4) is 17.1 Å². The lowest BCUT2D eigenvalue weighted by atomic mass is 10.2. The van der Waals surface area contributed by atoms with E-state index in [1.165, 1.54) is 0 Å².